The first-order valence-electron chi connectivity index (χ1n) is 4.77. The Morgan fingerprint density at radius 2 is 2.00 bits per heavy atom. The van der Waals surface area contributed by atoms with Crippen LogP contribution < -0.4 is 11.1 Å². The highest BCUT2D eigenvalue weighted by Gasteiger charge is 2.00. The molecule has 4 nitrogen and oxygen atoms in total. The molecule has 6 heteroatoms. The van der Waals surface area contributed by atoms with Gasteiger partial charge in [-0.25, -0.2) is 4.98 Å². The molecule has 2 rings (SSSR count). The Balaban J connectivity index is 0.00000144. The minimum absolute atomic E-state index is 0. The summed E-state index contributed by atoms with van der Waals surface area (Å²) in [5, 5.41) is 3.19. The van der Waals surface area contributed by atoms with Crippen molar-refractivity contribution < 1.29 is 0 Å². The van der Waals surface area contributed by atoms with Crippen LogP contribution in [0.15, 0.2) is 30.3 Å². The second-order valence-electron chi connectivity index (χ2n) is 3.39. The van der Waals surface area contributed by atoms with Crippen LogP contribution >= 0.6 is 35.0 Å². The quantitative estimate of drug-likeness (QED) is 0.806. The highest BCUT2D eigenvalue weighted by molar-refractivity contribution is 14.1. The Morgan fingerprint density at radius 3 is 2.65 bits per heavy atom. The predicted molar refractivity (Wildman–Crippen MR) is 80.9 cm³/mol. The summed E-state index contributed by atoms with van der Waals surface area (Å²) in [6.45, 7) is 1.89. The molecule has 1 aromatic heterocycles. The van der Waals surface area contributed by atoms with Crippen LogP contribution in [0.25, 0.3) is 0 Å². The number of rotatable bonds is 2. The first-order valence-corrected chi connectivity index (χ1v) is 5.85. The predicted octanol–water partition coefficient (Wildman–Crippen LogP) is 3.14. The van der Waals surface area contributed by atoms with E-state index in [1.54, 1.807) is 0 Å². The van der Waals surface area contributed by atoms with Crippen LogP contribution in [0.4, 0.5) is 17.5 Å². The van der Waals surface area contributed by atoms with Crippen LogP contribution in [-0.4, -0.2) is 9.97 Å². The lowest BCUT2D eigenvalue weighted by molar-refractivity contribution is 1.12. The van der Waals surface area contributed by atoms with Gasteiger partial charge in [0.25, 0.3) is 0 Å². The van der Waals surface area contributed by atoms with Crippen molar-refractivity contribution in [2.75, 3.05) is 11.1 Å². The lowest BCUT2D eigenvalue weighted by Crippen LogP contribution is -2.01. The van der Waals surface area contributed by atoms with Gasteiger partial charge in [-0.05, 0) is 47.7 Å². The number of nitrogens with two attached hydrogens (primary N) is 1. The topological polar surface area (TPSA) is 63.8 Å². The zero-order valence-electron chi connectivity index (χ0n) is 9.14. The van der Waals surface area contributed by atoms with Crippen LogP contribution in [0.2, 0.25) is 0 Å². The Hall–Kier alpha value is -1.08. The summed E-state index contributed by atoms with van der Waals surface area (Å²) >= 11 is 2.26. The van der Waals surface area contributed by atoms with Gasteiger partial charge in [0.1, 0.15) is 5.82 Å². The van der Waals surface area contributed by atoms with Crippen LogP contribution in [0.1, 0.15) is 5.69 Å². The zero-order valence-corrected chi connectivity index (χ0v) is 12.1. The van der Waals surface area contributed by atoms with E-state index in [1.165, 1.54) is 3.57 Å². The average molecular weight is 363 g/mol. The molecule has 0 aliphatic carbocycles. The molecule has 0 bridgehead atoms. The molecule has 0 saturated carbocycles. The third-order valence-corrected chi connectivity index (χ3v) is 2.64. The normalized spacial score (nSPS) is 9.53. The molecule has 0 unspecified atom stereocenters. The molecule has 0 atom stereocenters. The molecule has 0 amide bonds. The van der Waals surface area contributed by atoms with E-state index in [4.69, 9.17) is 5.73 Å². The van der Waals surface area contributed by atoms with Crippen LogP contribution in [0.5, 0.6) is 0 Å². The Labute approximate surface area is 120 Å². The van der Waals surface area contributed by atoms with Gasteiger partial charge in [-0.15, -0.1) is 12.4 Å². The third kappa shape index (κ3) is 4.01. The molecular formula is C11H12ClIN4. The van der Waals surface area contributed by atoms with Crippen LogP contribution in [-0.2, 0) is 0 Å². The summed E-state index contributed by atoms with van der Waals surface area (Å²) in [6.07, 6.45) is 0. The summed E-state index contributed by atoms with van der Waals surface area (Å²) in [7, 11) is 0. The molecule has 90 valence electrons. The maximum atomic E-state index is 5.58. The van der Waals surface area contributed by atoms with E-state index in [1.807, 2.05) is 37.3 Å². The van der Waals surface area contributed by atoms with Crippen molar-refractivity contribution in [3.63, 3.8) is 0 Å². The van der Waals surface area contributed by atoms with Crippen molar-refractivity contribution in [3.8, 4) is 0 Å². The van der Waals surface area contributed by atoms with Gasteiger partial charge in [-0.1, -0.05) is 6.07 Å². The Morgan fingerprint density at radius 1 is 1.24 bits per heavy atom. The first-order chi connectivity index (χ1) is 7.63. The molecular weight excluding hydrogens is 351 g/mol. The molecule has 17 heavy (non-hydrogen) atoms. The summed E-state index contributed by atoms with van der Waals surface area (Å²) in [6, 6.07) is 9.90. The van der Waals surface area contributed by atoms with E-state index in [0.717, 1.165) is 11.4 Å². The lowest BCUT2D eigenvalue weighted by Gasteiger charge is -2.07. The number of anilines is 3. The SMILES string of the molecule is Cc1cc(Nc2cccc(I)c2)nc(N)n1.Cl. The molecule has 0 spiro atoms. The first kappa shape index (κ1) is 14.0. The number of benzene rings is 1. The van der Waals surface area contributed by atoms with Crippen molar-refractivity contribution in [2.24, 2.45) is 0 Å². The van der Waals surface area contributed by atoms with Crippen LogP contribution in [0, 0.1) is 10.5 Å². The molecule has 1 aromatic carbocycles. The van der Waals surface area contributed by atoms with E-state index in [0.29, 0.717) is 5.82 Å². The minimum atomic E-state index is 0. The second-order valence-corrected chi connectivity index (χ2v) is 4.63. The molecule has 0 saturated heterocycles. The number of hydrogen-bond donors (Lipinski definition) is 2. The van der Waals surface area contributed by atoms with Crippen molar-refractivity contribution in [2.45, 2.75) is 6.92 Å². The lowest BCUT2D eigenvalue weighted by atomic mass is 10.3. The van der Waals surface area contributed by atoms with Crippen molar-refractivity contribution in [1.29, 1.82) is 0 Å². The summed E-state index contributed by atoms with van der Waals surface area (Å²) in [4.78, 5) is 8.13. The number of hydrogen-bond acceptors (Lipinski definition) is 4. The molecule has 0 aliphatic rings. The molecule has 1 heterocycles. The maximum Gasteiger partial charge on any atom is 0.222 e. The van der Waals surface area contributed by atoms with E-state index in [2.05, 4.69) is 37.9 Å². The van der Waals surface area contributed by atoms with Gasteiger partial charge in [0.2, 0.25) is 5.95 Å². The fraction of sp³-hybridized carbons (Fsp3) is 0.0909. The van der Waals surface area contributed by atoms with Gasteiger partial charge >= 0.3 is 0 Å². The highest BCUT2D eigenvalue weighted by Crippen LogP contribution is 2.17. The number of nitrogen functional groups attached to an aromatic ring is 1. The number of aryl methyl sites for hydroxylation is 1. The number of nitrogens with one attached hydrogen (secondary N) is 1. The van der Waals surface area contributed by atoms with Crippen molar-refractivity contribution >= 4 is 52.5 Å². The summed E-state index contributed by atoms with van der Waals surface area (Å²) in [5.41, 5.74) is 7.42. The van der Waals surface area contributed by atoms with Gasteiger partial charge in [-0.2, -0.15) is 4.98 Å². The Kier molecular flexibility index (Phi) is 4.95. The molecule has 0 fully saturated rings. The standard InChI is InChI=1S/C11H11IN4.ClH/c1-7-5-10(16-11(13)14-7)15-9-4-2-3-8(12)6-9;/h2-6H,1H3,(H3,13,14,15,16);1H. The van der Waals surface area contributed by atoms with E-state index in [9.17, 15) is 0 Å². The Bertz CT molecular complexity index is 498. The van der Waals surface area contributed by atoms with Gasteiger partial charge in [0, 0.05) is 21.0 Å². The van der Waals surface area contributed by atoms with E-state index < -0.39 is 0 Å². The summed E-state index contributed by atoms with van der Waals surface area (Å²) < 4.78 is 1.17. The van der Waals surface area contributed by atoms with Gasteiger partial charge < -0.3 is 11.1 Å². The molecule has 0 radical (unpaired) electrons. The monoisotopic (exact) mass is 362 g/mol. The minimum Gasteiger partial charge on any atom is -0.368 e. The van der Waals surface area contributed by atoms with Crippen molar-refractivity contribution in [3.05, 3.63) is 39.6 Å². The average Bonchev–Trinajstić information content (AvgIpc) is 2.15. The van der Waals surface area contributed by atoms with Crippen LogP contribution in [0.3, 0.4) is 0 Å². The highest BCUT2D eigenvalue weighted by atomic mass is 127. The second kappa shape index (κ2) is 6.02. The number of nitrogens with zero attached hydrogens (tertiary/aromatic N) is 2. The number of halogens is 2. The maximum absolute atomic E-state index is 5.58. The molecule has 3 N–H and O–H groups in total. The fourth-order valence-electron chi connectivity index (χ4n) is 1.37. The molecule has 2 aromatic rings. The van der Waals surface area contributed by atoms with Crippen molar-refractivity contribution in [1.82, 2.24) is 9.97 Å². The zero-order chi connectivity index (χ0) is 11.5. The van der Waals surface area contributed by atoms with Gasteiger partial charge in [0.05, 0.1) is 0 Å². The fourth-order valence-corrected chi connectivity index (χ4v) is 1.91. The molecule has 0 aliphatic heterocycles. The number of aromatic nitrogens is 2. The van der Waals surface area contributed by atoms with Gasteiger partial charge in [-0.3, -0.25) is 0 Å². The third-order valence-electron chi connectivity index (χ3n) is 1.97. The van der Waals surface area contributed by atoms with E-state index >= 15 is 0 Å². The van der Waals surface area contributed by atoms with Gasteiger partial charge in [0.15, 0.2) is 0 Å². The van der Waals surface area contributed by atoms with E-state index in [-0.39, 0.29) is 18.4 Å². The smallest absolute Gasteiger partial charge is 0.222 e. The summed E-state index contributed by atoms with van der Waals surface area (Å²) in [5.74, 6) is 1.00. The largest absolute Gasteiger partial charge is 0.368 e.